The molecule has 1 aliphatic heterocycles. The molecule has 0 aliphatic carbocycles. The van der Waals surface area contributed by atoms with E-state index in [4.69, 9.17) is 17.0 Å². The van der Waals surface area contributed by atoms with Gasteiger partial charge in [-0.05, 0) is 54.4 Å². The maximum Gasteiger partial charge on any atom is 0.284 e. The van der Waals surface area contributed by atoms with Crippen molar-refractivity contribution in [2.45, 2.75) is 17.7 Å². The summed E-state index contributed by atoms with van der Waals surface area (Å²) in [6.07, 6.45) is 0. The molecule has 0 aromatic heterocycles. The molecule has 0 fully saturated rings. The first-order valence-corrected chi connectivity index (χ1v) is 11.9. The molecule has 1 N–H and O–H groups in total. The van der Waals surface area contributed by atoms with Crippen molar-refractivity contribution >= 4 is 38.9 Å². The highest BCUT2D eigenvalue weighted by molar-refractivity contribution is 7.90. The van der Waals surface area contributed by atoms with Gasteiger partial charge in [-0.25, -0.2) is 9.40 Å². The molecule has 3 aromatic rings. The van der Waals surface area contributed by atoms with E-state index >= 15 is 0 Å². The predicted octanol–water partition coefficient (Wildman–Crippen LogP) is 5.11. The molecule has 1 unspecified atom stereocenters. The van der Waals surface area contributed by atoms with Crippen LogP contribution >= 0.6 is 11.6 Å². The van der Waals surface area contributed by atoms with Gasteiger partial charge in [0.2, 0.25) is 0 Å². The summed E-state index contributed by atoms with van der Waals surface area (Å²) < 4.78 is 42.9. The van der Waals surface area contributed by atoms with Gasteiger partial charge in [0.25, 0.3) is 10.0 Å². The Bertz CT molecular complexity index is 1340. The van der Waals surface area contributed by atoms with E-state index in [9.17, 15) is 12.8 Å². The van der Waals surface area contributed by atoms with E-state index in [1.165, 1.54) is 11.9 Å². The van der Waals surface area contributed by atoms with Gasteiger partial charge in [-0.1, -0.05) is 54.1 Å². The van der Waals surface area contributed by atoms with Gasteiger partial charge in [-0.3, -0.25) is 0 Å². The van der Waals surface area contributed by atoms with Crippen LogP contribution in [0.2, 0.25) is 5.02 Å². The molecule has 0 amide bonds. The maximum absolute atomic E-state index is 13.2. The quantitative estimate of drug-likeness (QED) is 0.405. The zero-order valence-corrected chi connectivity index (χ0v) is 19.2. The molecular formula is C24H20ClFN4O2S. The summed E-state index contributed by atoms with van der Waals surface area (Å²) in [7, 11) is -4.18. The van der Waals surface area contributed by atoms with Crippen molar-refractivity contribution in [2.24, 2.45) is 9.50 Å². The second-order valence-electron chi connectivity index (χ2n) is 7.51. The van der Waals surface area contributed by atoms with Crippen LogP contribution in [0.25, 0.3) is 0 Å². The number of rotatable bonds is 5. The maximum atomic E-state index is 13.2. The van der Waals surface area contributed by atoms with Crippen LogP contribution in [0.3, 0.4) is 0 Å². The lowest BCUT2D eigenvalue weighted by Gasteiger charge is -2.18. The van der Waals surface area contributed by atoms with Gasteiger partial charge in [-0.15, -0.1) is 4.40 Å². The fourth-order valence-electron chi connectivity index (χ4n) is 3.54. The van der Waals surface area contributed by atoms with Crippen LogP contribution in [0.1, 0.15) is 24.0 Å². The summed E-state index contributed by atoms with van der Waals surface area (Å²) in [4.78, 5) is -0.164. The monoisotopic (exact) mass is 482 g/mol. The lowest BCUT2D eigenvalue weighted by Crippen LogP contribution is -2.31. The topological polar surface area (TPSA) is 85.9 Å². The van der Waals surface area contributed by atoms with E-state index in [2.05, 4.69) is 9.50 Å². The molecular weight excluding hydrogens is 463 g/mol. The van der Waals surface area contributed by atoms with Gasteiger partial charge in [0.15, 0.2) is 5.84 Å². The second-order valence-corrected chi connectivity index (χ2v) is 9.55. The molecule has 33 heavy (non-hydrogen) atoms. The summed E-state index contributed by atoms with van der Waals surface area (Å²) in [5, 5.41) is 14.9. The lowest BCUT2D eigenvalue weighted by atomic mass is 9.90. The molecule has 0 spiro atoms. The third-order valence-electron chi connectivity index (χ3n) is 5.15. The molecule has 6 nitrogen and oxygen atoms in total. The van der Waals surface area contributed by atoms with E-state index < -0.39 is 15.8 Å². The van der Waals surface area contributed by atoms with Crippen LogP contribution in [0.4, 0.5) is 4.39 Å². The van der Waals surface area contributed by atoms with Crippen molar-refractivity contribution in [3.05, 3.63) is 101 Å². The summed E-state index contributed by atoms with van der Waals surface area (Å²) in [6.45, 7) is 1.75. The molecule has 0 radical (unpaired) electrons. The zero-order chi connectivity index (χ0) is 23.6. The number of amidine groups is 1. The highest BCUT2D eigenvalue weighted by Crippen LogP contribution is 2.30. The smallest absolute Gasteiger partial charge is 0.284 e. The summed E-state index contributed by atoms with van der Waals surface area (Å²) in [5.74, 6) is -0.821. The van der Waals surface area contributed by atoms with Gasteiger partial charge >= 0.3 is 0 Å². The molecule has 9 heteroatoms. The first-order chi connectivity index (χ1) is 15.7. The number of nitrogens with zero attached hydrogens (tertiary/aromatic N) is 3. The number of hydrazone groups is 1. The standard InChI is InChI=1S/C24H20ClFN4O2S/c1-16(27)24(29-33(31,32)21-13-11-20(26)12-14-21)30-15-22(17-5-3-2-4-6-17)23(28-30)18-7-9-19(25)10-8-18/h2-14,22,27H,15H2,1H3/b27-16?,29-24+. The fraction of sp³-hybridized carbons (Fsp3) is 0.125. The van der Waals surface area contributed by atoms with Crippen molar-refractivity contribution in [1.29, 1.82) is 5.41 Å². The van der Waals surface area contributed by atoms with E-state index in [-0.39, 0.29) is 22.4 Å². The first-order valence-electron chi connectivity index (χ1n) is 10.1. The van der Waals surface area contributed by atoms with Crippen molar-refractivity contribution < 1.29 is 12.8 Å². The molecule has 168 valence electrons. The first kappa shape index (κ1) is 22.8. The fourth-order valence-corrected chi connectivity index (χ4v) is 4.71. The van der Waals surface area contributed by atoms with Crippen molar-refractivity contribution in [1.82, 2.24) is 5.01 Å². The van der Waals surface area contributed by atoms with Gasteiger partial charge in [-0.2, -0.15) is 13.5 Å². The van der Waals surface area contributed by atoms with E-state index in [1.54, 1.807) is 12.1 Å². The Labute approximate surface area is 196 Å². The van der Waals surface area contributed by atoms with E-state index in [0.29, 0.717) is 17.3 Å². The van der Waals surface area contributed by atoms with Crippen LogP contribution < -0.4 is 0 Å². The van der Waals surface area contributed by atoms with Crippen molar-refractivity contribution in [3.63, 3.8) is 0 Å². The van der Waals surface area contributed by atoms with Gasteiger partial charge in [0.05, 0.1) is 22.9 Å². The van der Waals surface area contributed by atoms with Gasteiger partial charge in [0.1, 0.15) is 5.82 Å². The summed E-state index contributed by atoms with van der Waals surface area (Å²) in [5.41, 5.74) is 2.48. The SMILES string of the molecule is CC(=N)/C(=N\S(=O)(=O)c1ccc(F)cc1)N1CC(c2ccccc2)C(c2ccc(Cl)cc2)=N1. The van der Waals surface area contributed by atoms with Crippen LogP contribution in [0.5, 0.6) is 0 Å². The summed E-state index contributed by atoms with van der Waals surface area (Å²) in [6, 6.07) is 21.3. The molecule has 3 aromatic carbocycles. The predicted molar refractivity (Wildman–Crippen MR) is 128 cm³/mol. The number of hydrogen-bond acceptors (Lipinski definition) is 4. The Morgan fingerprint density at radius 1 is 1.06 bits per heavy atom. The largest absolute Gasteiger partial charge is 0.302 e. The number of hydrogen-bond donors (Lipinski definition) is 1. The minimum atomic E-state index is -4.18. The highest BCUT2D eigenvalue weighted by Gasteiger charge is 2.33. The number of benzene rings is 3. The van der Waals surface area contributed by atoms with E-state index in [1.807, 2.05) is 42.5 Å². The average molecular weight is 483 g/mol. The van der Waals surface area contributed by atoms with Crippen LogP contribution in [0, 0.1) is 11.2 Å². The van der Waals surface area contributed by atoms with Crippen molar-refractivity contribution in [2.75, 3.05) is 6.54 Å². The lowest BCUT2D eigenvalue weighted by molar-refractivity contribution is 0.480. The van der Waals surface area contributed by atoms with Gasteiger partial charge in [0, 0.05) is 10.9 Å². The Hall–Kier alpha value is -3.36. The number of sulfonamides is 1. The Kier molecular flexibility index (Phi) is 6.40. The normalized spacial score (nSPS) is 16.6. The molecule has 4 rings (SSSR count). The molecule has 0 bridgehead atoms. The molecule has 0 saturated carbocycles. The Morgan fingerprint density at radius 3 is 2.30 bits per heavy atom. The van der Waals surface area contributed by atoms with Gasteiger partial charge < -0.3 is 5.41 Å². The van der Waals surface area contributed by atoms with Crippen LogP contribution in [-0.4, -0.2) is 37.2 Å². The molecule has 1 heterocycles. The summed E-state index contributed by atoms with van der Waals surface area (Å²) >= 11 is 6.05. The Balaban J connectivity index is 1.78. The van der Waals surface area contributed by atoms with Crippen molar-refractivity contribution in [3.8, 4) is 0 Å². The molecule has 1 atom stereocenters. The highest BCUT2D eigenvalue weighted by atomic mass is 35.5. The number of halogens is 2. The van der Waals surface area contributed by atoms with Crippen LogP contribution in [-0.2, 0) is 10.0 Å². The molecule has 1 aliphatic rings. The number of nitrogens with one attached hydrogen (secondary N) is 1. The third-order valence-corrected chi connectivity index (χ3v) is 6.69. The Morgan fingerprint density at radius 2 is 1.70 bits per heavy atom. The third kappa shape index (κ3) is 5.02. The molecule has 0 saturated heterocycles. The minimum Gasteiger partial charge on any atom is -0.302 e. The van der Waals surface area contributed by atoms with E-state index in [0.717, 1.165) is 35.4 Å². The van der Waals surface area contributed by atoms with Crippen LogP contribution in [0.15, 0.2) is 93.3 Å². The zero-order valence-electron chi connectivity index (χ0n) is 17.6. The second kappa shape index (κ2) is 9.25. The minimum absolute atomic E-state index is 0.0615. The average Bonchev–Trinajstić information content (AvgIpc) is 3.24.